The van der Waals surface area contributed by atoms with Gasteiger partial charge in [-0.25, -0.2) is 0 Å². The Morgan fingerprint density at radius 2 is 1.93 bits per heavy atom. The molecule has 1 aromatic carbocycles. The van der Waals surface area contributed by atoms with Gasteiger partial charge < -0.3 is 11.5 Å². The Bertz CT molecular complexity index is 310. The summed E-state index contributed by atoms with van der Waals surface area (Å²) in [5, 5.41) is 0. The van der Waals surface area contributed by atoms with Crippen molar-refractivity contribution in [2.45, 2.75) is 11.9 Å². The molecule has 4 heteroatoms. The molecule has 0 bridgehead atoms. The van der Waals surface area contributed by atoms with Crippen molar-refractivity contribution in [2.24, 2.45) is 11.5 Å². The average molecular weight is 213 g/mol. The Balaban J connectivity index is 2.81. The van der Waals surface area contributed by atoms with Crippen molar-refractivity contribution in [1.82, 2.24) is 0 Å². The standard InChI is InChI=1S/C10H13ClN2O/c11-5-7-1-3-8(4-2-7)10(14)9(13)6-12/h1-4,9H,5-6,12-13H2. The minimum absolute atomic E-state index is 0.131. The molecule has 1 atom stereocenters. The summed E-state index contributed by atoms with van der Waals surface area (Å²) >= 11 is 5.62. The zero-order valence-corrected chi connectivity index (χ0v) is 8.50. The van der Waals surface area contributed by atoms with Crippen LogP contribution in [0.4, 0.5) is 0 Å². The highest BCUT2D eigenvalue weighted by molar-refractivity contribution is 6.17. The number of carbonyl (C=O) groups is 1. The summed E-state index contributed by atoms with van der Waals surface area (Å²) in [6.07, 6.45) is 0. The number of hydrogen-bond acceptors (Lipinski definition) is 3. The molecular weight excluding hydrogens is 200 g/mol. The van der Waals surface area contributed by atoms with E-state index in [1.54, 1.807) is 12.1 Å². The number of ketones is 1. The van der Waals surface area contributed by atoms with Crippen molar-refractivity contribution in [3.63, 3.8) is 0 Å². The number of halogens is 1. The first kappa shape index (κ1) is 11.2. The van der Waals surface area contributed by atoms with Gasteiger partial charge in [-0.1, -0.05) is 24.3 Å². The number of benzene rings is 1. The first-order valence-electron chi connectivity index (χ1n) is 4.33. The zero-order valence-electron chi connectivity index (χ0n) is 7.74. The van der Waals surface area contributed by atoms with E-state index >= 15 is 0 Å². The lowest BCUT2D eigenvalue weighted by Crippen LogP contribution is -2.37. The van der Waals surface area contributed by atoms with Crippen LogP contribution < -0.4 is 11.5 Å². The van der Waals surface area contributed by atoms with Gasteiger partial charge in [0.15, 0.2) is 5.78 Å². The smallest absolute Gasteiger partial charge is 0.180 e. The average Bonchev–Trinajstić information content (AvgIpc) is 2.27. The van der Waals surface area contributed by atoms with E-state index in [0.29, 0.717) is 11.4 Å². The van der Waals surface area contributed by atoms with Gasteiger partial charge in [0, 0.05) is 18.0 Å². The molecule has 0 heterocycles. The lowest BCUT2D eigenvalue weighted by Gasteiger charge is -2.07. The van der Waals surface area contributed by atoms with E-state index in [9.17, 15) is 4.79 Å². The van der Waals surface area contributed by atoms with Gasteiger partial charge in [0.25, 0.3) is 0 Å². The number of carbonyl (C=O) groups excluding carboxylic acids is 1. The summed E-state index contributed by atoms with van der Waals surface area (Å²) in [6, 6.07) is 6.44. The van der Waals surface area contributed by atoms with Crippen molar-refractivity contribution in [2.75, 3.05) is 6.54 Å². The van der Waals surface area contributed by atoms with Gasteiger partial charge in [-0.3, -0.25) is 4.79 Å². The quantitative estimate of drug-likeness (QED) is 0.576. The molecule has 76 valence electrons. The molecule has 0 aliphatic rings. The second-order valence-electron chi connectivity index (χ2n) is 3.04. The Morgan fingerprint density at radius 1 is 1.36 bits per heavy atom. The number of Topliss-reactive ketones (excluding diaryl/α,β-unsaturated/α-hetero) is 1. The van der Waals surface area contributed by atoms with Crippen LogP contribution in [-0.2, 0) is 5.88 Å². The lowest BCUT2D eigenvalue weighted by atomic mass is 10.0. The van der Waals surface area contributed by atoms with E-state index < -0.39 is 6.04 Å². The molecule has 0 spiro atoms. The molecule has 0 amide bonds. The summed E-state index contributed by atoms with van der Waals surface area (Å²) in [5.74, 6) is 0.311. The van der Waals surface area contributed by atoms with Crippen LogP contribution >= 0.6 is 11.6 Å². The zero-order chi connectivity index (χ0) is 10.6. The van der Waals surface area contributed by atoms with Crippen LogP contribution in [0.5, 0.6) is 0 Å². The highest BCUT2D eigenvalue weighted by Crippen LogP contribution is 2.08. The number of hydrogen-bond donors (Lipinski definition) is 2. The maximum absolute atomic E-state index is 11.5. The van der Waals surface area contributed by atoms with Gasteiger partial charge in [-0.2, -0.15) is 0 Å². The third-order valence-electron chi connectivity index (χ3n) is 1.98. The summed E-state index contributed by atoms with van der Waals surface area (Å²) in [5.41, 5.74) is 12.4. The first-order chi connectivity index (χ1) is 6.69. The first-order valence-corrected chi connectivity index (χ1v) is 4.87. The molecule has 1 rings (SSSR count). The molecule has 0 radical (unpaired) electrons. The SMILES string of the molecule is NCC(N)C(=O)c1ccc(CCl)cc1. The molecule has 0 aliphatic carbocycles. The second-order valence-corrected chi connectivity index (χ2v) is 3.30. The Morgan fingerprint density at radius 3 is 2.36 bits per heavy atom. The molecule has 0 saturated carbocycles. The monoisotopic (exact) mass is 212 g/mol. The topological polar surface area (TPSA) is 69.1 Å². The van der Waals surface area contributed by atoms with Gasteiger partial charge >= 0.3 is 0 Å². The molecular formula is C10H13ClN2O. The van der Waals surface area contributed by atoms with Crippen LogP contribution in [0.25, 0.3) is 0 Å². The van der Waals surface area contributed by atoms with Crippen LogP contribution in [0.3, 0.4) is 0 Å². The van der Waals surface area contributed by atoms with E-state index in [1.807, 2.05) is 12.1 Å². The lowest BCUT2D eigenvalue weighted by molar-refractivity contribution is 0.0964. The van der Waals surface area contributed by atoms with Crippen LogP contribution in [0.1, 0.15) is 15.9 Å². The summed E-state index contributed by atoms with van der Waals surface area (Å²) in [4.78, 5) is 11.5. The Hall–Kier alpha value is -0.900. The number of nitrogens with two attached hydrogens (primary N) is 2. The number of alkyl halides is 1. The Kier molecular flexibility index (Phi) is 4.07. The predicted molar refractivity (Wildman–Crippen MR) is 57.4 cm³/mol. The van der Waals surface area contributed by atoms with Gasteiger partial charge in [-0.05, 0) is 5.56 Å². The van der Waals surface area contributed by atoms with E-state index in [-0.39, 0.29) is 12.3 Å². The minimum atomic E-state index is -0.614. The fourth-order valence-electron chi connectivity index (χ4n) is 1.08. The number of rotatable bonds is 4. The van der Waals surface area contributed by atoms with Gasteiger partial charge in [0.2, 0.25) is 0 Å². The van der Waals surface area contributed by atoms with Crippen LogP contribution in [0.2, 0.25) is 0 Å². The van der Waals surface area contributed by atoms with Gasteiger partial charge in [0.1, 0.15) is 0 Å². The molecule has 4 N–H and O–H groups in total. The molecule has 1 unspecified atom stereocenters. The van der Waals surface area contributed by atoms with Crippen LogP contribution in [0.15, 0.2) is 24.3 Å². The molecule has 0 saturated heterocycles. The fourth-order valence-corrected chi connectivity index (χ4v) is 1.26. The van der Waals surface area contributed by atoms with E-state index in [0.717, 1.165) is 5.56 Å². The van der Waals surface area contributed by atoms with Crippen molar-refractivity contribution in [3.8, 4) is 0 Å². The third kappa shape index (κ3) is 2.54. The van der Waals surface area contributed by atoms with Gasteiger partial charge in [0.05, 0.1) is 6.04 Å². The van der Waals surface area contributed by atoms with E-state index in [2.05, 4.69) is 0 Å². The molecule has 0 aliphatic heterocycles. The third-order valence-corrected chi connectivity index (χ3v) is 2.29. The molecule has 0 aromatic heterocycles. The fraction of sp³-hybridized carbons (Fsp3) is 0.300. The predicted octanol–water partition coefficient (Wildman–Crippen LogP) is 0.894. The molecule has 14 heavy (non-hydrogen) atoms. The largest absolute Gasteiger partial charge is 0.328 e. The molecule has 0 fully saturated rings. The molecule has 1 aromatic rings. The summed E-state index contributed by atoms with van der Waals surface area (Å²) in [7, 11) is 0. The minimum Gasteiger partial charge on any atom is -0.328 e. The maximum Gasteiger partial charge on any atom is 0.180 e. The van der Waals surface area contributed by atoms with Crippen molar-refractivity contribution < 1.29 is 4.79 Å². The highest BCUT2D eigenvalue weighted by atomic mass is 35.5. The van der Waals surface area contributed by atoms with E-state index in [1.165, 1.54) is 0 Å². The normalized spacial score (nSPS) is 12.5. The highest BCUT2D eigenvalue weighted by Gasteiger charge is 2.13. The summed E-state index contributed by atoms with van der Waals surface area (Å²) < 4.78 is 0. The van der Waals surface area contributed by atoms with Crippen molar-refractivity contribution in [3.05, 3.63) is 35.4 Å². The van der Waals surface area contributed by atoms with Crippen LogP contribution in [0, 0.1) is 0 Å². The van der Waals surface area contributed by atoms with E-state index in [4.69, 9.17) is 23.1 Å². The van der Waals surface area contributed by atoms with Gasteiger partial charge in [-0.15, -0.1) is 11.6 Å². The maximum atomic E-state index is 11.5. The summed E-state index contributed by atoms with van der Waals surface area (Å²) in [6.45, 7) is 0.163. The molecule has 3 nitrogen and oxygen atoms in total. The van der Waals surface area contributed by atoms with Crippen LogP contribution in [-0.4, -0.2) is 18.4 Å². The van der Waals surface area contributed by atoms with Crippen molar-refractivity contribution >= 4 is 17.4 Å². The van der Waals surface area contributed by atoms with Crippen molar-refractivity contribution in [1.29, 1.82) is 0 Å². The second kappa shape index (κ2) is 5.10. The Labute approximate surface area is 88.0 Å².